The molecule has 0 saturated carbocycles. The predicted octanol–water partition coefficient (Wildman–Crippen LogP) is 2.46. The Bertz CT molecular complexity index is 556. The Balaban J connectivity index is 1.96. The quantitative estimate of drug-likeness (QED) is 0.915. The number of hydrogen-bond donors (Lipinski definition) is 1. The summed E-state index contributed by atoms with van der Waals surface area (Å²) in [5.74, 6) is 0. The number of benzene rings is 1. The molecule has 1 aromatic carbocycles. The second-order valence-electron chi connectivity index (χ2n) is 4.45. The number of halogens is 1. The number of rotatable bonds is 2. The van der Waals surface area contributed by atoms with Gasteiger partial charge in [-0.05, 0) is 23.8 Å². The van der Waals surface area contributed by atoms with Gasteiger partial charge in [0, 0.05) is 29.5 Å². The van der Waals surface area contributed by atoms with Crippen LogP contribution in [0.2, 0.25) is 5.02 Å². The lowest BCUT2D eigenvalue weighted by Gasteiger charge is -2.24. The predicted molar refractivity (Wildman–Crippen MR) is 74.0 cm³/mol. The molecule has 1 fully saturated rings. The van der Waals surface area contributed by atoms with E-state index in [1.165, 1.54) is 0 Å². The molecule has 98 valence electrons. The second-order valence-corrected chi connectivity index (χ2v) is 4.88. The number of nitrogens with one attached hydrogen (secondary N) is 1. The van der Waals surface area contributed by atoms with E-state index in [9.17, 15) is 0 Å². The Morgan fingerprint density at radius 2 is 2.21 bits per heavy atom. The fourth-order valence-corrected chi connectivity index (χ4v) is 2.43. The van der Waals surface area contributed by atoms with Gasteiger partial charge in [0.05, 0.1) is 31.1 Å². The molecule has 19 heavy (non-hydrogen) atoms. The Labute approximate surface area is 116 Å². The van der Waals surface area contributed by atoms with Crippen molar-refractivity contribution in [2.45, 2.75) is 6.04 Å². The van der Waals surface area contributed by atoms with Gasteiger partial charge in [0.1, 0.15) is 0 Å². The maximum atomic E-state index is 6.20. The van der Waals surface area contributed by atoms with Crippen LogP contribution in [0.15, 0.2) is 36.8 Å². The van der Waals surface area contributed by atoms with Crippen molar-refractivity contribution in [1.82, 2.24) is 15.3 Å². The van der Waals surface area contributed by atoms with Crippen LogP contribution in [0.1, 0.15) is 11.6 Å². The molecule has 1 saturated heterocycles. The fourth-order valence-electron chi connectivity index (χ4n) is 2.19. The molecular formula is C14H14ClN3O. The first-order valence-corrected chi connectivity index (χ1v) is 6.59. The van der Waals surface area contributed by atoms with Crippen molar-refractivity contribution in [1.29, 1.82) is 0 Å². The molecule has 1 aliphatic heterocycles. The normalized spacial score (nSPS) is 19.3. The van der Waals surface area contributed by atoms with Crippen molar-refractivity contribution >= 4 is 11.6 Å². The summed E-state index contributed by atoms with van der Waals surface area (Å²) in [6.07, 6.45) is 5.07. The molecule has 1 aliphatic rings. The zero-order valence-electron chi connectivity index (χ0n) is 10.3. The first-order valence-electron chi connectivity index (χ1n) is 6.21. The summed E-state index contributed by atoms with van der Waals surface area (Å²) in [6, 6.07) is 6.14. The number of nitrogens with zero attached hydrogens (tertiary/aromatic N) is 2. The van der Waals surface area contributed by atoms with Gasteiger partial charge in [0.25, 0.3) is 0 Å². The summed E-state index contributed by atoms with van der Waals surface area (Å²) < 4.78 is 5.49. The third kappa shape index (κ3) is 2.92. The average molecular weight is 276 g/mol. The molecule has 0 radical (unpaired) electrons. The molecule has 0 spiro atoms. The number of aromatic nitrogens is 2. The van der Waals surface area contributed by atoms with Crippen molar-refractivity contribution in [3.63, 3.8) is 0 Å². The lowest BCUT2D eigenvalue weighted by Crippen LogP contribution is -2.34. The second kappa shape index (κ2) is 5.65. The molecule has 1 unspecified atom stereocenters. The minimum absolute atomic E-state index is 0.183. The van der Waals surface area contributed by atoms with E-state index in [-0.39, 0.29) is 6.04 Å². The number of morpholine rings is 1. The van der Waals surface area contributed by atoms with Crippen LogP contribution in [0, 0.1) is 0 Å². The highest BCUT2D eigenvalue weighted by Crippen LogP contribution is 2.27. The van der Waals surface area contributed by atoms with Gasteiger partial charge in [-0.15, -0.1) is 0 Å². The highest BCUT2D eigenvalue weighted by atomic mass is 35.5. The third-order valence-electron chi connectivity index (χ3n) is 3.10. The first kappa shape index (κ1) is 12.5. The van der Waals surface area contributed by atoms with Gasteiger partial charge in [-0.25, -0.2) is 0 Å². The van der Waals surface area contributed by atoms with Crippen molar-refractivity contribution < 1.29 is 4.74 Å². The molecule has 0 aliphatic carbocycles. The Hall–Kier alpha value is -1.49. The van der Waals surface area contributed by atoms with Crippen LogP contribution in [0.4, 0.5) is 0 Å². The highest BCUT2D eigenvalue weighted by Gasteiger charge is 2.16. The molecule has 2 heterocycles. The van der Waals surface area contributed by atoms with Crippen LogP contribution in [0.3, 0.4) is 0 Å². The zero-order valence-corrected chi connectivity index (χ0v) is 11.1. The summed E-state index contributed by atoms with van der Waals surface area (Å²) in [5.41, 5.74) is 2.92. The van der Waals surface area contributed by atoms with Gasteiger partial charge in [-0.3, -0.25) is 9.97 Å². The lowest BCUT2D eigenvalue weighted by atomic mass is 10.0. The molecular weight excluding hydrogens is 262 g/mol. The van der Waals surface area contributed by atoms with Crippen LogP contribution in [-0.4, -0.2) is 29.7 Å². The van der Waals surface area contributed by atoms with Gasteiger partial charge in [0.2, 0.25) is 0 Å². The molecule has 1 N–H and O–H groups in total. The maximum Gasteiger partial charge on any atom is 0.0885 e. The van der Waals surface area contributed by atoms with Crippen LogP contribution >= 0.6 is 11.6 Å². The lowest BCUT2D eigenvalue weighted by molar-refractivity contribution is 0.0769. The van der Waals surface area contributed by atoms with Crippen molar-refractivity contribution in [3.8, 4) is 11.3 Å². The van der Waals surface area contributed by atoms with Gasteiger partial charge >= 0.3 is 0 Å². The summed E-state index contributed by atoms with van der Waals surface area (Å²) in [7, 11) is 0. The van der Waals surface area contributed by atoms with E-state index in [0.717, 1.165) is 30.0 Å². The highest BCUT2D eigenvalue weighted by molar-refractivity contribution is 6.30. The Kier molecular flexibility index (Phi) is 3.73. The smallest absolute Gasteiger partial charge is 0.0885 e. The maximum absolute atomic E-state index is 6.20. The minimum atomic E-state index is 0.183. The largest absolute Gasteiger partial charge is 0.378 e. The summed E-state index contributed by atoms with van der Waals surface area (Å²) >= 11 is 6.20. The van der Waals surface area contributed by atoms with E-state index in [1.54, 1.807) is 18.6 Å². The molecule has 4 nitrogen and oxygen atoms in total. The first-order chi connectivity index (χ1) is 9.33. The van der Waals surface area contributed by atoms with E-state index in [1.807, 2.05) is 12.1 Å². The molecule has 5 heteroatoms. The average Bonchev–Trinajstić information content (AvgIpc) is 2.48. The summed E-state index contributed by atoms with van der Waals surface area (Å²) in [6.45, 7) is 2.28. The monoisotopic (exact) mass is 275 g/mol. The molecule has 0 amide bonds. The number of hydrogen-bond acceptors (Lipinski definition) is 4. The SMILES string of the molecule is Clc1cc(-c2cnccn2)cc(C2COCCN2)c1. The topological polar surface area (TPSA) is 47.0 Å². The van der Waals surface area contributed by atoms with E-state index in [2.05, 4.69) is 21.4 Å². The Morgan fingerprint density at radius 1 is 1.26 bits per heavy atom. The Morgan fingerprint density at radius 3 is 2.95 bits per heavy atom. The van der Waals surface area contributed by atoms with Gasteiger partial charge in [0.15, 0.2) is 0 Å². The summed E-state index contributed by atoms with van der Waals surface area (Å²) in [5, 5.41) is 4.12. The summed E-state index contributed by atoms with van der Waals surface area (Å²) in [4.78, 5) is 8.39. The van der Waals surface area contributed by atoms with Crippen molar-refractivity contribution in [2.24, 2.45) is 0 Å². The van der Waals surface area contributed by atoms with Crippen LogP contribution < -0.4 is 5.32 Å². The van der Waals surface area contributed by atoms with Crippen LogP contribution in [0.25, 0.3) is 11.3 Å². The number of ether oxygens (including phenoxy) is 1. The van der Waals surface area contributed by atoms with Gasteiger partial charge in [-0.2, -0.15) is 0 Å². The standard InChI is InChI=1S/C14H14ClN3O/c15-12-6-10(13-8-16-1-2-17-13)5-11(7-12)14-9-19-4-3-18-14/h1-2,5-8,14,18H,3-4,9H2. The molecule has 1 aromatic heterocycles. The fraction of sp³-hybridized carbons (Fsp3) is 0.286. The van der Waals surface area contributed by atoms with Crippen molar-refractivity contribution in [3.05, 3.63) is 47.4 Å². The molecule has 3 rings (SSSR count). The van der Waals surface area contributed by atoms with Crippen LogP contribution in [0.5, 0.6) is 0 Å². The van der Waals surface area contributed by atoms with E-state index in [0.29, 0.717) is 11.6 Å². The molecule has 0 bridgehead atoms. The minimum Gasteiger partial charge on any atom is -0.378 e. The van der Waals surface area contributed by atoms with E-state index in [4.69, 9.17) is 16.3 Å². The third-order valence-corrected chi connectivity index (χ3v) is 3.32. The van der Waals surface area contributed by atoms with E-state index < -0.39 is 0 Å². The zero-order chi connectivity index (χ0) is 13.1. The van der Waals surface area contributed by atoms with Gasteiger partial charge in [-0.1, -0.05) is 11.6 Å². The van der Waals surface area contributed by atoms with Crippen molar-refractivity contribution in [2.75, 3.05) is 19.8 Å². The molecule has 1 atom stereocenters. The van der Waals surface area contributed by atoms with Crippen LogP contribution in [-0.2, 0) is 4.74 Å². The van der Waals surface area contributed by atoms with Gasteiger partial charge < -0.3 is 10.1 Å². The van der Waals surface area contributed by atoms with E-state index >= 15 is 0 Å². The molecule has 2 aromatic rings.